The molecule has 6 atom stereocenters. The zero-order chi connectivity index (χ0) is 13.9. The molecule has 0 aromatic rings. The van der Waals surface area contributed by atoms with E-state index in [0.717, 1.165) is 5.57 Å². The second kappa shape index (κ2) is 3.93. The normalized spacial score (nSPS) is 49.3. The van der Waals surface area contributed by atoms with Gasteiger partial charge in [-0.05, 0) is 19.8 Å². The Morgan fingerprint density at radius 2 is 2.11 bits per heavy atom. The first kappa shape index (κ1) is 12.9. The summed E-state index contributed by atoms with van der Waals surface area (Å²) in [6.45, 7) is 7.67. The molecule has 1 heterocycles. The predicted molar refractivity (Wildman–Crippen MR) is 69.1 cm³/mol. The molecule has 104 valence electrons. The van der Waals surface area contributed by atoms with Crippen molar-refractivity contribution in [3.63, 3.8) is 0 Å². The van der Waals surface area contributed by atoms with Crippen molar-refractivity contribution >= 4 is 5.97 Å². The van der Waals surface area contributed by atoms with Crippen molar-refractivity contribution in [3.8, 4) is 0 Å². The Kier molecular flexibility index (Phi) is 2.67. The van der Waals surface area contributed by atoms with Crippen molar-refractivity contribution in [2.24, 2.45) is 17.3 Å². The van der Waals surface area contributed by atoms with Crippen molar-refractivity contribution in [1.29, 1.82) is 0 Å². The van der Waals surface area contributed by atoms with E-state index < -0.39 is 17.6 Å². The Morgan fingerprint density at radius 3 is 2.79 bits per heavy atom. The first-order chi connectivity index (χ1) is 8.87. The Hall–Kier alpha value is -1.13. The number of carbonyl (C=O) groups is 1. The average Bonchev–Trinajstić information content (AvgIpc) is 2.62. The van der Waals surface area contributed by atoms with Crippen molar-refractivity contribution in [2.45, 2.75) is 45.0 Å². The van der Waals surface area contributed by atoms with Gasteiger partial charge in [0.15, 0.2) is 0 Å². The maximum absolute atomic E-state index is 11.7. The molecule has 1 aliphatic heterocycles. The minimum Gasteiger partial charge on any atom is -0.458 e. The first-order valence-electron chi connectivity index (χ1n) is 6.80. The van der Waals surface area contributed by atoms with Crippen LogP contribution < -0.4 is 0 Å². The maximum atomic E-state index is 11.7. The van der Waals surface area contributed by atoms with Crippen molar-refractivity contribution in [1.82, 2.24) is 0 Å². The van der Waals surface area contributed by atoms with Crippen molar-refractivity contribution in [2.75, 3.05) is 0 Å². The summed E-state index contributed by atoms with van der Waals surface area (Å²) in [4.78, 5) is 11.7. The van der Waals surface area contributed by atoms with E-state index in [9.17, 15) is 15.0 Å². The van der Waals surface area contributed by atoms with Gasteiger partial charge in [-0.15, -0.1) is 0 Å². The number of fused-ring (bicyclic) bond motifs is 3. The number of aliphatic hydroxyl groups is 2. The molecule has 0 radical (unpaired) electrons. The molecule has 19 heavy (non-hydrogen) atoms. The van der Waals surface area contributed by atoms with Gasteiger partial charge >= 0.3 is 5.97 Å². The van der Waals surface area contributed by atoms with E-state index in [4.69, 9.17) is 4.74 Å². The molecule has 0 bridgehead atoms. The van der Waals surface area contributed by atoms with Crippen LogP contribution in [0.4, 0.5) is 0 Å². The van der Waals surface area contributed by atoms with Gasteiger partial charge in [0, 0.05) is 22.8 Å². The molecule has 0 aromatic carbocycles. The smallest absolute Gasteiger partial charge is 0.334 e. The van der Waals surface area contributed by atoms with Gasteiger partial charge < -0.3 is 14.9 Å². The fourth-order valence-electron chi connectivity index (χ4n) is 4.12. The Morgan fingerprint density at radius 1 is 1.42 bits per heavy atom. The molecule has 2 unspecified atom stereocenters. The second-order valence-electron chi connectivity index (χ2n) is 6.30. The van der Waals surface area contributed by atoms with Gasteiger partial charge in [-0.3, -0.25) is 0 Å². The standard InChI is InChI=1S/C15H20O4/c1-7-4-5-10(16)15(3)11(17)6-9-8(2)14(18)19-13(9)12(7)15/h4,9-13,16-17H,2,5-6H2,1,3H3/t9?,10-,11+,12+,13?,15-/m0/s1. The summed E-state index contributed by atoms with van der Waals surface area (Å²) in [7, 11) is 0. The molecule has 0 amide bonds. The lowest BCUT2D eigenvalue weighted by Crippen LogP contribution is -2.59. The molecule has 2 aliphatic carbocycles. The quantitative estimate of drug-likeness (QED) is 0.392. The molecule has 0 aromatic heterocycles. The van der Waals surface area contributed by atoms with E-state index in [1.807, 2.05) is 19.9 Å². The fraction of sp³-hybridized carbons (Fsp3) is 0.667. The molecule has 1 saturated carbocycles. The Bertz CT molecular complexity index is 481. The molecule has 1 saturated heterocycles. The van der Waals surface area contributed by atoms with Crippen LogP contribution in [0.25, 0.3) is 0 Å². The topological polar surface area (TPSA) is 66.8 Å². The van der Waals surface area contributed by atoms with E-state index in [2.05, 4.69) is 6.58 Å². The summed E-state index contributed by atoms with van der Waals surface area (Å²) in [5, 5.41) is 20.8. The van der Waals surface area contributed by atoms with Crippen molar-refractivity contribution in [3.05, 3.63) is 23.8 Å². The van der Waals surface area contributed by atoms with Gasteiger partial charge in [-0.2, -0.15) is 0 Å². The van der Waals surface area contributed by atoms with E-state index in [0.29, 0.717) is 18.4 Å². The van der Waals surface area contributed by atoms with Crippen LogP contribution in [0.5, 0.6) is 0 Å². The largest absolute Gasteiger partial charge is 0.458 e. The molecular weight excluding hydrogens is 244 g/mol. The van der Waals surface area contributed by atoms with Crippen LogP contribution in [0.2, 0.25) is 0 Å². The lowest BCUT2D eigenvalue weighted by molar-refractivity contribution is -0.169. The van der Waals surface area contributed by atoms with E-state index >= 15 is 0 Å². The van der Waals surface area contributed by atoms with Crippen LogP contribution in [0.15, 0.2) is 23.8 Å². The number of hydrogen-bond acceptors (Lipinski definition) is 4. The zero-order valence-corrected chi connectivity index (χ0v) is 11.3. The summed E-state index contributed by atoms with van der Waals surface area (Å²) >= 11 is 0. The highest BCUT2D eigenvalue weighted by Crippen LogP contribution is 2.56. The summed E-state index contributed by atoms with van der Waals surface area (Å²) in [5.74, 6) is -0.623. The highest BCUT2D eigenvalue weighted by molar-refractivity contribution is 5.91. The third-order valence-corrected chi connectivity index (χ3v) is 5.41. The molecule has 2 fully saturated rings. The van der Waals surface area contributed by atoms with Gasteiger partial charge in [0.2, 0.25) is 0 Å². The average molecular weight is 264 g/mol. The number of aliphatic hydroxyl groups excluding tert-OH is 2. The molecule has 3 rings (SSSR count). The van der Waals surface area contributed by atoms with Crippen LogP contribution >= 0.6 is 0 Å². The Balaban J connectivity index is 2.08. The van der Waals surface area contributed by atoms with Crippen LogP contribution in [0.3, 0.4) is 0 Å². The van der Waals surface area contributed by atoms with Crippen LogP contribution in [-0.2, 0) is 9.53 Å². The van der Waals surface area contributed by atoms with Gasteiger partial charge in [0.25, 0.3) is 0 Å². The molecule has 4 heteroatoms. The summed E-state index contributed by atoms with van der Waals surface area (Å²) in [6, 6.07) is 0. The van der Waals surface area contributed by atoms with Gasteiger partial charge in [0.1, 0.15) is 6.10 Å². The summed E-state index contributed by atoms with van der Waals surface area (Å²) in [5.41, 5.74) is 0.897. The maximum Gasteiger partial charge on any atom is 0.334 e. The highest BCUT2D eigenvalue weighted by atomic mass is 16.6. The first-order valence-corrected chi connectivity index (χ1v) is 6.80. The number of rotatable bonds is 0. The third-order valence-electron chi connectivity index (χ3n) is 5.41. The summed E-state index contributed by atoms with van der Waals surface area (Å²) < 4.78 is 5.48. The molecule has 3 aliphatic rings. The number of ether oxygens (including phenoxy) is 1. The van der Waals surface area contributed by atoms with Crippen LogP contribution in [0.1, 0.15) is 26.7 Å². The number of hydrogen-bond donors (Lipinski definition) is 2. The minimum atomic E-state index is -0.649. The lowest BCUT2D eigenvalue weighted by Gasteiger charge is -2.53. The third kappa shape index (κ3) is 1.50. The lowest BCUT2D eigenvalue weighted by atomic mass is 9.54. The Labute approximate surface area is 112 Å². The van der Waals surface area contributed by atoms with Gasteiger partial charge in [0.05, 0.1) is 12.2 Å². The molecule has 0 spiro atoms. The molecule has 2 N–H and O–H groups in total. The second-order valence-corrected chi connectivity index (χ2v) is 6.30. The monoisotopic (exact) mass is 264 g/mol. The molecule has 4 nitrogen and oxygen atoms in total. The van der Waals surface area contributed by atoms with Crippen molar-refractivity contribution < 1.29 is 19.7 Å². The van der Waals surface area contributed by atoms with Gasteiger partial charge in [-0.1, -0.05) is 25.2 Å². The SMILES string of the molecule is C=C1C(=O)OC2C1C[C@@H](O)[C@@]1(C)[C@@H]2C(C)=CC[C@@H]1O. The van der Waals surface area contributed by atoms with Crippen LogP contribution in [-0.4, -0.2) is 34.5 Å². The van der Waals surface area contributed by atoms with E-state index in [1.54, 1.807) is 0 Å². The minimum absolute atomic E-state index is 0.130. The summed E-state index contributed by atoms with van der Waals surface area (Å²) in [6.07, 6.45) is 1.42. The van der Waals surface area contributed by atoms with Gasteiger partial charge in [-0.25, -0.2) is 4.79 Å². The highest BCUT2D eigenvalue weighted by Gasteiger charge is 2.61. The number of esters is 1. The van der Waals surface area contributed by atoms with E-state index in [1.165, 1.54) is 0 Å². The van der Waals surface area contributed by atoms with E-state index in [-0.39, 0.29) is 23.9 Å². The molecular formula is C15H20O4. The van der Waals surface area contributed by atoms with Crippen LogP contribution in [0, 0.1) is 17.3 Å². The number of carbonyl (C=O) groups excluding carboxylic acids is 1. The zero-order valence-electron chi connectivity index (χ0n) is 11.3. The fourth-order valence-corrected chi connectivity index (χ4v) is 4.12. The predicted octanol–water partition coefficient (Wildman–Crippen LogP) is 1.18.